The molecule has 0 bridgehead atoms. The molecular formula is C23H33N5O. The summed E-state index contributed by atoms with van der Waals surface area (Å²) in [6.45, 7) is 11.6. The number of hydrogen-bond donors (Lipinski definition) is 1. The smallest absolute Gasteiger partial charge is 0.224 e. The van der Waals surface area contributed by atoms with E-state index in [1.165, 1.54) is 5.56 Å². The van der Waals surface area contributed by atoms with Crippen molar-refractivity contribution < 1.29 is 4.79 Å². The van der Waals surface area contributed by atoms with Gasteiger partial charge in [-0.05, 0) is 45.0 Å². The lowest BCUT2D eigenvalue weighted by Crippen LogP contribution is -2.45. The van der Waals surface area contributed by atoms with Gasteiger partial charge in [-0.1, -0.05) is 43.7 Å². The molecule has 1 aliphatic rings. The van der Waals surface area contributed by atoms with Crippen LogP contribution in [0.3, 0.4) is 0 Å². The van der Waals surface area contributed by atoms with Gasteiger partial charge in [0.15, 0.2) is 5.82 Å². The topological polar surface area (TPSA) is 61.4 Å². The van der Waals surface area contributed by atoms with Crippen LogP contribution >= 0.6 is 0 Å². The number of amides is 1. The molecule has 29 heavy (non-hydrogen) atoms. The standard InChI is InChI=1S/C23H33N5O/c1-4-27(5-2)16-14-24-23(29)20-7-6-15-28(17-20)22-13-12-21(25-26-22)19-10-8-18(3)9-11-19/h8-13,20H,4-7,14-17H2,1-3H3,(H,24,29). The van der Waals surface area contributed by atoms with E-state index in [9.17, 15) is 4.79 Å². The van der Waals surface area contributed by atoms with Crippen LogP contribution < -0.4 is 10.2 Å². The summed E-state index contributed by atoms with van der Waals surface area (Å²) in [6.07, 6.45) is 1.93. The average Bonchev–Trinajstić information content (AvgIpc) is 2.77. The maximum absolute atomic E-state index is 12.6. The first kappa shape index (κ1) is 21.2. The lowest BCUT2D eigenvalue weighted by molar-refractivity contribution is -0.125. The van der Waals surface area contributed by atoms with E-state index >= 15 is 0 Å². The Hall–Kier alpha value is -2.47. The van der Waals surface area contributed by atoms with Crippen LogP contribution in [-0.4, -0.2) is 60.3 Å². The highest BCUT2D eigenvalue weighted by Crippen LogP contribution is 2.23. The lowest BCUT2D eigenvalue weighted by Gasteiger charge is -2.32. The molecule has 0 saturated carbocycles. The van der Waals surface area contributed by atoms with Crippen LogP contribution in [-0.2, 0) is 4.79 Å². The lowest BCUT2D eigenvalue weighted by atomic mass is 9.97. The van der Waals surface area contributed by atoms with Gasteiger partial charge in [-0.25, -0.2) is 0 Å². The van der Waals surface area contributed by atoms with E-state index in [4.69, 9.17) is 0 Å². The van der Waals surface area contributed by atoms with E-state index in [0.29, 0.717) is 13.1 Å². The first-order valence-electron chi connectivity index (χ1n) is 10.8. The molecule has 6 nitrogen and oxygen atoms in total. The Morgan fingerprint density at radius 2 is 1.90 bits per heavy atom. The van der Waals surface area contributed by atoms with Gasteiger partial charge in [-0.3, -0.25) is 4.79 Å². The summed E-state index contributed by atoms with van der Waals surface area (Å²) in [7, 11) is 0. The number of piperidine rings is 1. The first-order chi connectivity index (χ1) is 14.1. The number of anilines is 1. The fourth-order valence-electron chi connectivity index (χ4n) is 3.79. The number of hydrogen-bond acceptors (Lipinski definition) is 5. The van der Waals surface area contributed by atoms with Crippen molar-refractivity contribution in [2.24, 2.45) is 5.92 Å². The molecule has 1 saturated heterocycles. The Bertz CT molecular complexity index is 771. The van der Waals surface area contributed by atoms with Crippen LogP contribution in [0.1, 0.15) is 32.3 Å². The molecule has 1 unspecified atom stereocenters. The van der Waals surface area contributed by atoms with Crippen molar-refractivity contribution in [2.75, 3.05) is 44.2 Å². The molecular weight excluding hydrogens is 362 g/mol. The van der Waals surface area contributed by atoms with Gasteiger partial charge in [-0.15, -0.1) is 10.2 Å². The quantitative estimate of drug-likeness (QED) is 0.744. The third-order valence-corrected chi connectivity index (χ3v) is 5.74. The van der Waals surface area contributed by atoms with Crippen molar-refractivity contribution in [3.8, 4) is 11.3 Å². The van der Waals surface area contributed by atoms with Crippen molar-refractivity contribution >= 4 is 11.7 Å². The number of rotatable bonds is 8. The van der Waals surface area contributed by atoms with Crippen LogP contribution in [0.15, 0.2) is 36.4 Å². The second-order valence-corrected chi connectivity index (χ2v) is 7.75. The number of benzene rings is 1. The number of aromatic nitrogens is 2. The Labute approximate surface area is 174 Å². The molecule has 0 spiro atoms. The van der Waals surface area contributed by atoms with Gasteiger partial charge in [-0.2, -0.15) is 0 Å². The molecule has 6 heteroatoms. The van der Waals surface area contributed by atoms with E-state index < -0.39 is 0 Å². The molecule has 156 valence electrons. The van der Waals surface area contributed by atoms with Gasteiger partial charge in [0.25, 0.3) is 0 Å². The van der Waals surface area contributed by atoms with Gasteiger partial charge < -0.3 is 15.1 Å². The summed E-state index contributed by atoms with van der Waals surface area (Å²) in [5.41, 5.74) is 3.17. The van der Waals surface area contributed by atoms with Crippen molar-refractivity contribution in [1.82, 2.24) is 20.4 Å². The van der Waals surface area contributed by atoms with Crippen LogP contribution in [0.2, 0.25) is 0 Å². The molecule has 1 atom stereocenters. The molecule has 1 aliphatic heterocycles. The van der Waals surface area contributed by atoms with Crippen LogP contribution in [0.4, 0.5) is 5.82 Å². The molecule has 1 N–H and O–H groups in total. The minimum Gasteiger partial charge on any atom is -0.355 e. The Balaban J connectivity index is 1.56. The van der Waals surface area contributed by atoms with Crippen molar-refractivity contribution in [3.63, 3.8) is 0 Å². The van der Waals surface area contributed by atoms with Crippen LogP contribution in [0, 0.1) is 12.8 Å². The monoisotopic (exact) mass is 395 g/mol. The zero-order valence-electron chi connectivity index (χ0n) is 17.9. The van der Waals surface area contributed by atoms with Gasteiger partial charge >= 0.3 is 0 Å². The highest BCUT2D eigenvalue weighted by Gasteiger charge is 2.26. The molecule has 3 rings (SSSR count). The number of likely N-dealkylation sites (N-methyl/N-ethyl adjacent to an activating group) is 1. The highest BCUT2D eigenvalue weighted by molar-refractivity contribution is 5.79. The maximum atomic E-state index is 12.6. The molecule has 0 radical (unpaired) electrons. The van der Waals surface area contributed by atoms with E-state index in [1.807, 2.05) is 12.1 Å². The number of carbonyl (C=O) groups is 1. The predicted octanol–water partition coefficient (Wildman–Crippen LogP) is 3.13. The van der Waals surface area contributed by atoms with Gasteiger partial charge in [0.2, 0.25) is 5.91 Å². The zero-order valence-corrected chi connectivity index (χ0v) is 17.9. The van der Waals surface area contributed by atoms with Gasteiger partial charge in [0.1, 0.15) is 0 Å². The van der Waals surface area contributed by atoms with Crippen molar-refractivity contribution in [2.45, 2.75) is 33.6 Å². The SMILES string of the molecule is CCN(CC)CCNC(=O)C1CCCN(c2ccc(-c3ccc(C)cc3)nn2)C1. The summed E-state index contributed by atoms with van der Waals surface area (Å²) < 4.78 is 0. The summed E-state index contributed by atoms with van der Waals surface area (Å²) in [5.74, 6) is 1.02. The van der Waals surface area contributed by atoms with Crippen LogP contribution in [0.25, 0.3) is 11.3 Å². The molecule has 1 aromatic heterocycles. The summed E-state index contributed by atoms with van der Waals surface area (Å²) in [5, 5.41) is 12.0. The molecule has 1 fully saturated rings. The van der Waals surface area contributed by atoms with E-state index in [2.05, 4.69) is 70.4 Å². The number of aryl methyl sites for hydroxylation is 1. The Morgan fingerprint density at radius 3 is 2.55 bits per heavy atom. The Kier molecular flexibility index (Phi) is 7.58. The number of nitrogens with zero attached hydrogens (tertiary/aromatic N) is 4. The second-order valence-electron chi connectivity index (χ2n) is 7.75. The van der Waals surface area contributed by atoms with E-state index in [-0.39, 0.29) is 11.8 Å². The van der Waals surface area contributed by atoms with Crippen LogP contribution in [0.5, 0.6) is 0 Å². The molecule has 1 aromatic carbocycles. The zero-order chi connectivity index (χ0) is 20.6. The first-order valence-corrected chi connectivity index (χ1v) is 10.8. The fraction of sp³-hybridized carbons (Fsp3) is 0.522. The number of carbonyl (C=O) groups excluding carboxylic acids is 1. The van der Waals surface area contributed by atoms with E-state index in [0.717, 1.165) is 56.1 Å². The normalized spacial score (nSPS) is 16.8. The average molecular weight is 396 g/mol. The minimum atomic E-state index is 0.0130. The number of nitrogens with one attached hydrogen (secondary N) is 1. The third-order valence-electron chi connectivity index (χ3n) is 5.74. The Morgan fingerprint density at radius 1 is 1.14 bits per heavy atom. The molecule has 1 amide bonds. The molecule has 2 heterocycles. The third kappa shape index (κ3) is 5.76. The highest BCUT2D eigenvalue weighted by atomic mass is 16.1. The van der Waals surface area contributed by atoms with Gasteiger partial charge in [0, 0.05) is 31.7 Å². The van der Waals surface area contributed by atoms with Crippen molar-refractivity contribution in [1.29, 1.82) is 0 Å². The maximum Gasteiger partial charge on any atom is 0.224 e. The summed E-state index contributed by atoms with van der Waals surface area (Å²) in [4.78, 5) is 17.1. The van der Waals surface area contributed by atoms with Crippen molar-refractivity contribution in [3.05, 3.63) is 42.0 Å². The summed E-state index contributed by atoms with van der Waals surface area (Å²) >= 11 is 0. The van der Waals surface area contributed by atoms with E-state index in [1.54, 1.807) is 0 Å². The minimum absolute atomic E-state index is 0.0130. The predicted molar refractivity (Wildman–Crippen MR) is 118 cm³/mol. The largest absolute Gasteiger partial charge is 0.355 e. The summed E-state index contributed by atoms with van der Waals surface area (Å²) in [6, 6.07) is 12.3. The molecule has 2 aromatic rings. The van der Waals surface area contributed by atoms with Gasteiger partial charge in [0.05, 0.1) is 11.6 Å². The second kappa shape index (κ2) is 10.3. The fourth-order valence-corrected chi connectivity index (χ4v) is 3.79. The molecule has 0 aliphatic carbocycles.